The van der Waals surface area contributed by atoms with Gasteiger partial charge in [0, 0.05) is 44.0 Å². The number of piperazine rings is 1. The molecular weight excluding hydrogens is 485 g/mol. The molecule has 9 heteroatoms. The van der Waals surface area contributed by atoms with Gasteiger partial charge < -0.3 is 19.6 Å². The van der Waals surface area contributed by atoms with E-state index in [0.29, 0.717) is 27.9 Å². The van der Waals surface area contributed by atoms with Crippen molar-refractivity contribution in [1.29, 1.82) is 0 Å². The number of carbonyl (C=O) groups excluding carboxylic acids is 1. The zero-order valence-corrected chi connectivity index (χ0v) is 20.8. The Morgan fingerprint density at radius 3 is 2.63 bits per heavy atom. The molecule has 0 radical (unpaired) electrons. The molecule has 192 valence electrons. The molecule has 38 heavy (non-hydrogen) atoms. The van der Waals surface area contributed by atoms with E-state index in [1.807, 2.05) is 24.3 Å². The third-order valence-electron chi connectivity index (χ3n) is 6.95. The van der Waals surface area contributed by atoms with Crippen molar-refractivity contribution in [2.24, 2.45) is 0 Å². The van der Waals surface area contributed by atoms with Gasteiger partial charge in [0.2, 0.25) is 5.43 Å². The number of amides is 1. The molecule has 2 aromatic heterocycles. The maximum absolute atomic E-state index is 13.7. The quantitative estimate of drug-likeness (QED) is 0.362. The first-order valence-corrected chi connectivity index (χ1v) is 12.5. The molecule has 0 aliphatic carbocycles. The summed E-state index contributed by atoms with van der Waals surface area (Å²) in [5.74, 6) is -0.490. The van der Waals surface area contributed by atoms with E-state index in [1.54, 1.807) is 18.2 Å². The Hall–Kier alpha value is -4.34. The number of rotatable bonds is 5. The van der Waals surface area contributed by atoms with Gasteiger partial charge in [-0.25, -0.2) is 9.37 Å². The van der Waals surface area contributed by atoms with E-state index < -0.39 is 5.82 Å². The molecule has 1 aliphatic rings. The minimum Gasteiger partial charge on any atom is -0.463 e. The minimum absolute atomic E-state index is 0.137. The lowest BCUT2D eigenvalue weighted by Crippen LogP contribution is -2.43. The third-order valence-corrected chi connectivity index (χ3v) is 6.95. The second-order valence-electron chi connectivity index (χ2n) is 9.67. The number of aromatic nitrogens is 2. The molecule has 3 aromatic carbocycles. The summed E-state index contributed by atoms with van der Waals surface area (Å²) in [5, 5.41) is 3.08. The molecule has 6 rings (SSSR count). The maximum atomic E-state index is 13.7. The molecule has 0 saturated carbocycles. The monoisotopic (exact) mass is 511 g/mol. The number of halogens is 1. The minimum atomic E-state index is -0.521. The number of imidazole rings is 1. The summed E-state index contributed by atoms with van der Waals surface area (Å²) in [6.07, 6.45) is 1.31. The van der Waals surface area contributed by atoms with Crippen LogP contribution in [0.3, 0.4) is 0 Å². The fourth-order valence-electron chi connectivity index (χ4n) is 4.71. The van der Waals surface area contributed by atoms with Gasteiger partial charge in [-0.05, 0) is 61.1 Å². The average Bonchev–Trinajstić information content (AvgIpc) is 3.35. The summed E-state index contributed by atoms with van der Waals surface area (Å²) in [7, 11) is 2.14. The molecule has 0 bridgehead atoms. The Labute approximate surface area is 217 Å². The van der Waals surface area contributed by atoms with Crippen molar-refractivity contribution in [2.75, 3.05) is 38.5 Å². The Bertz CT molecular complexity index is 1700. The summed E-state index contributed by atoms with van der Waals surface area (Å²) in [6.45, 7) is 5.15. The molecule has 2 N–H and O–H groups in total. The van der Waals surface area contributed by atoms with E-state index in [9.17, 15) is 14.0 Å². The van der Waals surface area contributed by atoms with Crippen molar-refractivity contribution >= 4 is 33.6 Å². The van der Waals surface area contributed by atoms with Gasteiger partial charge in [0.25, 0.3) is 5.91 Å². The van der Waals surface area contributed by atoms with Gasteiger partial charge in [0.05, 0.1) is 16.4 Å². The molecule has 0 atom stereocenters. The number of hydrogen-bond acceptors (Lipinski definition) is 6. The van der Waals surface area contributed by atoms with Crippen LogP contribution >= 0.6 is 0 Å². The summed E-state index contributed by atoms with van der Waals surface area (Å²) < 4.78 is 19.2. The summed E-state index contributed by atoms with van der Waals surface area (Å²) >= 11 is 0. The van der Waals surface area contributed by atoms with Gasteiger partial charge in [-0.1, -0.05) is 12.1 Å². The third kappa shape index (κ3) is 4.81. The summed E-state index contributed by atoms with van der Waals surface area (Å²) in [6, 6.07) is 16.8. The van der Waals surface area contributed by atoms with Crippen LogP contribution in [0.1, 0.15) is 15.9 Å². The van der Waals surface area contributed by atoms with E-state index in [-0.39, 0.29) is 28.1 Å². The highest BCUT2D eigenvalue weighted by Gasteiger charge is 2.16. The van der Waals surface area contributed by atoms with Crippen molar-refractivity contribution in [2.45, 2.75) is 6.54 Å². The zero-order chi connectivity index (χ0) is 26.2. The normalized spacial score (nSPS) is 14.8. The van der Waals surface area contributed by atoms with Crippen LogP contribution in [-0.2, 0) is 6.54 Å². The highest BCUT2D eigenvalue weighted by Crippen LogP contribution is 2.23. The molecule has 1 fully saturated rings. The van der Waals surface area contributed by atoms with E-state index in [0.717, 1.165) is 38.8 Å². The number of likely N-dealkylation sites (N-methyl/N-ethyl adjacent to an activating group) is 1. The number of carbonyl (C=O) groups is 1. The molecule has 1 amide bonds. The van der Waals surface area contributed by atoms with Gasteiger partial charge in [0.15, 0.2) is 0 Å². The number of anilines is 1. The van der Waals surface area contributed by atoms with Crippen molar-refractivity contribution in [1.82, 2.24) is 19.8 Å². The summed E-state index contributed by atoms with van der Waals surface area (Å²) in [4.78, 5) is 38.2. The Morgan fingerprint density at radius 2 is 1.84 bits per heavy atom. The highest BCUT2D eigenvalue weighted by molar-refractivity contribution is 6.06. The van der Waals surface area contributed by atoms with Gasteiger partial charge >= 0.3 is 0 Å². The van der Waals surface area contributed by atoms with E-state index >= 15 is 0 Å². The molecule has 5 aromatic rings. The fraction of sp³-hybridized carbons (Fsp3) is 0.207. The van der Waals surface area contributed by atoms with Gasteiger partial charge in [-0.2, -0.15) is 0 Å². The lowest BCUT2D eigenvalue weighted by molar-refractivity contribution is 0.102. The molecule has 1 saturated heterocycles. The molecule has 3 heterocycles. The first-order chi connectivity index (χ1) is 18.4. The number of nitrogens with zero attached hydrogens (tertiary/aromatic N) is 3. The van der Waals surface area contributed by atoms with Gasteiger partial charge in [0.1, 0.15) is 29.1 Å². The summed E-state index contributed by atoms with van der Waals surface area (Å²) in [5.41, 5.74) is 3.63. The number of fused-ring (bicyclic) bond motifs is 2. The lowest BCUT2D eigenvalue weighted by Gasteiger charge is -2.32. The number of H-pyrrole nitrogens is 1. The number of benzene rings is 3. The highest BCUT2D eigenvalue weighted by atomic mass is 19.1. The topological polar surface area (TPSA) is 94.5 Å². The Kier molecular flexibility index (Phi) is 6.22. The first-order valence-electron chi connectivity index (χ1n) is 12.5. The predicted molar refractivity (Wildman–Crippen MR) is 145 cm³/mol. The van der Waals surface area contributed by atoms with Crippen LogP contribution in [0.25, 0.3) is 33.4 Å². The van der Waals surface area contributed by atoms with Crippen LogP contribution < -0.4 is 10.7 Å². The van der Waals surface area contributed by atoms with Crippen molar-refractivity contribution in [3.05, 3.63) is 94.1 Å². The fourth-order valence-corrected chi connectivity index (χ4v) is 4.71. The number of nitrogens with one attached hydrogen (secondary N) is 2. The smallest absolute Gasteiger partial charge is 0.255 e. The second-order valence-corrected chi connectivity index (χ2v) is 9.67. The van der Waals surface area contributed by atoms with Crippen LogP contribution in [0.15, 0.2) is 76.1 Å². The van der Waals surface area contributed by atoms with Gasteiger partial charge in [-0.15, -0.1) is 0 Å². The average molecular weight is 512 g/mol. The first kappa shape index (κ1) is 24.0. The second kappa shape index (κ2) is 9.85. The van der Waals surface area contributed by atoms with E-state index in [4.69, 9.17) is 4.42 Å². The van der Waals surface area contributed by atoms with Crippen molar-refractivity contribution in [3.63, 3.8) is 0 Å². The van der Waals surface area contributed by atoms with Crippen molar-refractivity contribution < 1.29 is 13.6 Å². The largest absolute Gasteiger partial charge is 0.463 e. The molecule has 1 aliphatic heterocycles. The number of hydrogen-bond donors (Lipinski definition) is 2. The molecule has 0 spiro atoms. The van der Waals surface area contributed by atoms with Crippen LogP contribution in [0.5, 0.6) is 0 Å². The SMILES string of the molecule is CN1CCN(Cc2ccc(NC(=O)c3ccc4nc(-c5coc6ccc(F)cc6c5=O)[nH]c4c3)cc2)CC1. The van der Waals surface area contributed by atoms with E-state index in [2.05, 4.69) is 32.1 Å². The number of aromatic amines is 1. The van der Waals surface area contributed by atoms with Crippen LogP contribution in [0.2, 0.25) is 0 Å². The lowest BCUT2D eigenvalue weighted by atomic mass is 10.1. The standard InChI is InChI=1S/C29H26FN5O3/c1-34-10-12-35(13-11-34)16-18-2-6-21(7-3-18)31-29(37)19-4-8-24-25(14-19)33-28(32-24)23-17-38-26-9-5-20(30)15-22(26)27(23)36/h2-9,14-15,17H,10-13,16H2,1H3,(H,31,37)(H,32,33). The predicted octanol–water partition coefficient (Wildman–Crippen LogP) is 4.48. The van der Waals surface area contributed by atoms with E-state index in [1.165, 1.54) is 24.0 Å². The Balaban J connectivity index is 1.18. The molecule has 8 nitrogen and oxygen atoms in total. The van der Waals surface area contributed by atoms with Crippen LogP contribution in [-0.4, -0.2) is 58.9 Å². The van der Waals surface area contributed by atoms with Crippen molar-refractivity contribution in [3.8, 4) is 11.4 Å². The van der Waals surface area contributed by atoms with Crippen LogP contribution in [0, 0.1) is 5.82 Å². The maximum Gasteiger partial charge on any atom is 0.255 e. The zero-order valence-electron chi connectivity index (χ0n) is 20.8. The molecular formula is C29H26FN5O3. The Morgan fingerprint density at radius 1 is 1.05 bits per heavy atom. The van der Waals surface area contributed by atoms with Crippen LogP contribution in [0.4, 0.5) is 10.1 Å². The van der Waals surface area contributed by atoms with Gasteiger partial charge in [-0.3, -0.25) is 14.5 Å². The molecule has 0 unspecified atom stereocenters.